The van der Waals surface area contributed by atoms with E-state index in [0.717, 1.165) is 15.7 Å². The molecule has 0 fully saturated rings. The number of benzene rings is 1. The van der Waals surface area contributed by atoms with Crippen molar-refractivity contribution in [2.24, 2.45) is 0 Å². The highest BCUT2D eigenvalue weighted by Gasteiger charge is 2.11. The van der Waals surface area contributed by atoms with Gasteiger partial charge in [0.1, 0.15) is 0 Å². The first kappa shape index (κ1) is 16.7. The van der Waals surface area contributed by atoms with E-state index >= 15 is 0 Å². The molecule has 1 amide bonds. The van der Waals surface area contributed by atoms with Crippen LogP contribution in [0.1, 0.15) is 49.6 Å². The smallest absolute Gasteiger partial charge is 0.224 e. The molecule has 116 valence electrons. The van der Waals surface area contributed by atoms with E-state index < -0.39 is 0 Å². The maximum absolute atomic E-state index is 12.1. The van der Waals surface area contributed by atoms with E-state index in [1.165, 1.54) is 5.56 Å². The minimum absolute atomic E-state index is 0.00881. The highest BCUT2D eigenvalue weighted by molar-refractivity contribution is 9.10. The fraction of sp³-hybridized carbons (Fsp3) is 0.333. The predicted octanol–water partition coefficient (Wildman–Crippen LogP) is 4.39. The van der Waals surface area contributed by atoms with Gasteiger partial charge in [-0.05, 0) is 52.0 Å². The number of hydrogen-bond donors (Lipinski definition) is 1. The summed E-state index contributed by atoms with van der Waals surface area (Å²) in [6, 6.07) is 12.0. The molecule has 0 aliphatic carbocycles. The van der Waals surface area contributed by atoms with E-state index in [0.29, 0.717) is 12.3 Å². The Balaban J connectivity index is 1.93. The molecule has 0 spiro atoms. The van der Waals surface area contributed by atoms with E-state index in [4.69, 9.17) is 0 Å². The molecular weight excluding hydrogens is 340 g/mol. The van der Waals surface area contributed by atoms with Gasteiger partial charge in [0.05, 0.1) is 18.2 Å². The molecule has 0 saturated heterocycles. The van der Waals surface area contributed by atoms with Crippen molar-refractivity contribution in [3.05, 3.63) is 63.9 Å². The fourth-order valence-corrected chi connectivity index (χ4v) is 2.45. The number of amides is 1. The minimum atomic E-state index is -0.101. The fourth-order valence-electron chi connectivity index (χ4n) is 2.22. The van der Waals surface area contributed by atoms with Crippen molar-refractivity contribution in [3.63, 3.8) is 0 Å². The molecule has 2 rings (SSSR count). The van der Waals surface area contributed by atoms with Crippen molar-refractivity contribution in [2.75, 3.05) is 0 Å². The number of carbonyl (C=O) groups excluding carboxylic acids is 1. The molecule has 0 aliphatic heterocycles. The molecule has 1 N–H and O–H groups in total. The van der Waals surface area contributed by atoms with Crippen LogP contribution in [0.2, 0.25) is 0 Å². The van der Waals surface area contributed by atoms with Crippen LogP contribution >= 0.6 is 15.9 Å². The van der Waals surface area contributed by atoms with Gasteiger partial charge in [-0.25, -0.2) is 0 Å². The topological polar surface area (TPSA) is 42.0 Å². The summed E-state index contributed by atoms with van der Waals surface area (Å²) in [5.74, 6) is 0.515. The lowest BCUT2D eigenvalue weighted by Crippen LogP contribution is -2.28. The Labute approximate surface area is 140 Å². The second kappa shape index (κ2) is 7.54. The van der Waals surface area contributed by atoms with Crippen molar-refractivity contribution in [1.82, 2.24) is 10.3 Å². The summed E-state index contributed by atoms with van der Waals surface area (Å²) >= 11 is 3.36. The Bertz CT molecular complexity index is 621. The summed E-state index contributed by atoms with van der Waals surface area (Å²) in [5, 5.41) is 2.98. The first-order chi connectivity index (χ1) is 10.5. The van der Waals surface area contributed by atoms with Crippen LogP contribution in [-0.2, 0) is 11.2 Å². The number of pyridine rings is 1. The van der Waals surface area contributed by atoms with Gasteiger partial charge in [0.2, 0.25) is 5.91 Å². The summed E-state index contributed by atoms with van der Waals surface area (Å²) in [6.45, 7) is 6.26. The lowest BCUT2D eigenvalue weighted by Gasteiger charge is -2.14. The van der Waals surface area contributed by atoms with Crippen molar-refractivity contribution in [1.29, 1.82) is 0 Å². The standard InChI is InChI=1S/C18H21BrN2O/c1-12(2)15-6-4-14(5-7-15)10-18(22)21-13(3)17-9-8-16(19)11-20-17/h4-9,11-13H,10H2,1-3H3,(H,21,22). The molecule has 0 radical (unpaired) electrons. The Morgan fingerprint density at radius 1 is 1.14 bits per heavy atom. The van der Waals surface area contributed by atoms with E-state index in [2.05, 4.69) is 52.2 Å². The van der Waals surface area contributed by atoms with E-state index in [-0.39, 0.29) is 11.9 Å². The number of nitrogens with one attached hydrogen (secondary N) is 1. The van der Waals surface area contributed by atoms with E-state index in [9.17, 15) is 4.79 Å². The number of nitrogens with zero attached hydrogens (tertiary/aromatic N) is 1. The van der Waals surface area contributed by atoms with Crippen molar-refractivity contribution in [2.45, 2.75) is 39.2 Å². The molecule has 1 aromatic carbocycles. The molecule has 0 saturated carbocycles. The molecule has 1 unspecified atom stereocenters. The van der Waals surface area contributed by atoms with Crippen LogP contribution in [0.5, 0.6) is 0 Å². The minimum Gasteiger partial charge on any atom is -0.348 e. The molecule has 1 aromatic heterocycles. The SMILES string of the molecule is CC(C)c1ccc(CC(=O)NC(C)c2ccc(Br)cn2)cc1. The van der Waals surface area contributed by atoms with Gasteiger partial charge >= 0.3 is 0 Å². The summed E-state index contributed by atoms with van der Waals surface area (Å²) < 4.78 is 0.931. The summed E-state index contributed by atoms with van der Waals surface area (Å²) in [4.78, 5) is 16.4. The van der Waals surface area contributed by atoms with Gasteiger partial charge in [0.15, 0.2) is 0 Å². The van der Waals surface area contributed by atoms with Crippen LogP contribution in [-0.4, -0.2) is 10.9 Å². The highest BCUT2D eigenvalue weighted by Crippen LogP contribution is 2.16. The molecule has 0 bridgehead atoms. The molecule has 22 heavy (non-hydrogen) atoms. The lowest BCUT2D eigenvalue weighted by molar-refractivity contribution is -0.121. The third-order valence-electron chi connectivity index (χ3n) is 3.58. The van der Waals surface area contributed by atoms with E-state index in [1.807, 2.05) is 31.2 Å². The number of aromatic nitrogens is 1. The third-order valence-corrected chi connectivity index (χ3v) is 4.05. The van der Waals surface area contributed by atoms with Crippen LogP contribution in [0.3, 0.4) is 0 Å². The summed E-state index contributed by atoms with van der Waals surface area (Å²) in [7, 11) is 0. The lowest BCUT2D eigenvalue weighted by atomic mass is 10.0. The summed E-state index contributed by atoms with van der Waals surface area (Å²) in [6.07, 6.45) is 2.13. The Hall–Kier alpha value is -1.68. The molecular formula is C18H21BrN2O. The molecule has 1 atom stereocenters. The quantitative estimate of drug-likeness (QED) is 0.858. The van der Waals surface area contributed by atoms with Crippen LogP contribution in [0.15, 0.2) is 47.1 Å². The van der Waals surface area contributed by atoms with Gasteiger partial charge in [-0.15, -0.1) is 0 Å². The Morgan fingerprint density at radius 3 is 2.36 bits per heavy atom. The second-order valence-corrected chi connectivity index (χ2v) is 6.68. The molecule has 0 aliphatic rings. The normalized spacial score (nSPS) is 12.2. The Morgan fingerprint density at radius 2 is 1.82 bits per heavy atom. The maximum Gasteiger partial charge on any atom is 0.224 e. The van der Waals surface area contributed by atoms with Crippen molar-refractivity contribution in [3.8, 4) is 0 Å². The van der Waals surface area contributed by atoms with Crippen LogP contribution in [0, 0.1) is 0 Å². The molecule has 4 heteroatoms. The zero-order valence-electron chi connectivity index (χ0n) is 13.1. The van der Waals surface area contributed by atoms with Gasteiger partial charge in [0, 0.05) is 10.7 Å². The average molecular weight is 361 g/mol. The summed E-state index contributed by atoms with van der Waals surface area (Å²) in [5.41, 5.74) is 3.17. The first-order valence-electron chi connectivity index (χ1n) is 7.45. The third kappa shape index (κ3) is 4.67. The largest absolute Gasteiger partial charge is 0.348 e. The van der Waals surface area contributed by atoms with Gasteiger partial charge in [-0.1, -0.05) is 38.1 Å². The van der Waals surface area contributed by atoms with Gasteiger partial charge in [-0.3, -0.25) is 9.78 Å². The zero-order chi connectivity index (χ0) is 16.1. The average Bonchev–Trinajstić information content (AvgIpc) is 2.48. The van der Waals surface area contributed by atoms with Gasteiger partial charge < -0.3 is 5.32 Å². The van der Waals surface area contributed by atoms with Crippen LogP contribution < -0.4 is 5.32 Å². The molecule has 3 nitrogen and oxygen atoms in total. The first-order valence-corrected chi connectivity index (χ1v) is 8.24. The number of hydrogen-bond acceptors (Lipinski definition) is 2. The second-order valence-electron chi connectivity index (χ2n) is 5.76. The Kier molecular flexibility index (Phi) is 5.72. The maximum atomic E-state index is 12.1. The monoisotopic (exact) mass is 360 g/mol. The molecule has 1 heterocycles. The number of carbonyl (C=O) groups is 1. The van der Waals surface area contributed by atoms with Crippen molar-refractivity contribution < 1.29 is 4.79 Å². The predicted molar refractivity (Wildman–Crippen MR) is 92.7 cm³/mol. The van der Waals surface area contributed by atoms with Crippen LogP contribution in [0.25, 0.3) is 0 Å². The van der Waals surface area contributed by atoms with Gasteiger partial charge in [0.25, 0.3) is 0 Å². The van der Waals surface area contributed by atoms with E-state index in [1.54, 1.807) is 6.20 Å². The van der Waals surface area contributed by atoms with Crippen LogP contribution in [0.4, 0.5) is 0 Å². The van der Waals surface area contributed by atoms with Gasteiger partial charge in [-0.2, -0.15) is 0 Å². The number of halogens is 1. The van der Waals surface area contributed by atoms with Crippen molar-refractivity contribution >= 4 is 21.8 Å². The molecule has 2 aromatic rings. The number of rotatable bonds is 5. The highest BCUT2D eigenvalue weighted by atomic mass is 79.9. The zero-order valence-corrected chi connectivity index (χ0v) is 14.7.